The molecule has 1 saturated heterocycles. The second-order valence-electron chi connectivity index (χ2n) is 4.12. The first-order valence-electron chi connectivity index (χ1n) is 5.88. The van der Waals surface area contributed by atoms with Gasteiger partial charge in [0.25, 0.3) is 0 Å². The minimum Gasteiger partial charge on any atom is -0.487 e. The highest BCUT2D eigenvalue weighted by molar-refractivity contribution is 6.31. The lowest BCUT2D eigenvalue weighted by Gasteiger charge is -2.16. The molecule has 0 radical (unpaired) electrons. The number of amides is 1. The van der Waals surface area contributed by atoms with Crippen molar-refractivity contribution in [2.75, 3.05) is 13.1 Å². The average molecular weight is 267 g/mol. The fourth-order valence-corrected chi connectivity index (χ4v) is 2.07. The molecule has 1 atom stereocenters. The lowest BCUT2D eigenvalue weighted by molar-refractivity contribution is -0.125. The normalized spacial score (nSPS) is 19.4. The van der Waals surface area contributed by atoms with Crippen LogP contribution < -0.4 is 4.74 Å². The van der Waals surface area contributed by atoms with Gasteiger partial charge in [-0.25, -0.2) is 0 Å². The molecule has 2 heterocycles. The highest BCUT2D eigenvalue weighted by Crippen LogP contribution is 2.25. The maximum absolute atomic E-state index is 11.7. The molecule has 5 heteroatoms. The molecule has 0 unspecified atom stereocenters. The van der Waals surface area contributed by atoms with Crippen molar-refractivity contribution in [3.63, 3.8) is 0 Å². The largest absolute Gasteiger partial charge is 0.487 e. The molecule has 0 spiro atoms. The predicted molar refractivity (Wildman–Crippen MR) is 69.7 cm³/mol. The number of likely N-dealkylation sites (tertiary alicyclic amines) is 1. The van der Waals surface area contributed by atoms with Crippen molar-refractivity contribution in [1.82, 2.24) is 9.88 Å². The van der Waals surface area contributed by atoms with E-state index in [9.17, 15) is 4.79 Å². The van der Waals surface area contributed by atoms with Crippen molar-refractivity contribution in [2.24, 2.45) is 0 Å². The van der Waals surface area contributed by atoms with Crippen LogP contribution in [-0.2, 0) is 4.79 Å². The predicted octanol–water partition coefficient (Wildman–Crippen LogP) is 2.29. The van der Waals surface area contributed by atoms with Gasteiger partial charge in [0, 0.05) is 31.4 Å². The van der Waals surface area contributed by atoms with Crippen molar-refractivity contribution >= 4 is 17.5 Å². The second kappa shape index (κ2) is 5.87. The fraction of sp³-hybridized carbons (Fsp3) is 0.385. The molecule has 1 amide bonds. The number of carbonyl (C=O) groups is 1. The molecule has 4 nitrogen and oxygen atoms in total. The van der Waals surface area contributed by atoms with E-state index in [1.165, 1.54) is 0 Å². The number of ether oxygens (including phenoxy) is 1. The van der Waals surface area contributed by atoms with E-state index in [4.69, 9.17) is 16.3 Å². The van der Waals surface area contributed by atoms with Gasteiger partial charge in [0.2, 0.25) is 5.91 Å². The number of carbonyl (C=O) groups excluding carboxylic acids is 1. The quantitative estimate of drug-likeness (QED) is 0.789. The second-order valence-corrected chi connectivity index (χ2v) is 4.53. The van der Waals surface area contributed by atoms with E-state index in [0.717, 1.165) is 13.0 Å². The maximum Gasteiger partial charge on any atom is 0.246 e. The van der Waals surface area contributed by atoms with Gasteiger partial charge in [-0.3, -0.25) is 9.78 Å². The van der Waals surface area contributed by atoms with Crippen LogP contribution in [0, 0.1) is 0 Å². The van der Waals surface area contributed by atoms with Gasteiger partial charge in [-0.1, -0.05) is 17.7 Å². The molecule has 18 heavy (non-hydrogen) atoms. The Morgan fingerprint density at radius 2 is 2.50 bits per heavy atom. The van der Waals surface area contributed by atoms with Crippen LogP contribution in [0.15, 0.2) is 30.6 Å². The van der Waals surface area contributed by atoms with Gasteiger partial charge in [0.15, 0.2) is 0 Å². The molecular weight excluding hydrogens is 252 g/mol. The number of hydrogen-bond donors (Lipinski definition) is 0. The Bertz CT molecular complexity index is 462. The summed E-state index contributed by atoms with van der Waals surface area (Å²) in [5, 5.41) is 0.496. The molecule has 1 fully saturated rings. The van der Waals surface area contributed by atoms with E-state index in [-0.39, 0.29) is 12.0 Å². The zero-order valence-corrected chi connectivity index (χ0v) is 10.9. The summed E-state index contributed by atoms with van der Waals surface area (Å²) in [5.41, 5.74) is 0. The van der Waals surface area contributed by atoms with Gasteiger partial charge in [-0.05, 0) is 13.0 Å². The first-order chi connectivity index (χ1) is 8.70. The summed E-state index contributed by atoms with van der Waals surface area (Å²) in [6.07, 6.45) is 7.33. The summed E-state index contributed by atoms with van der Waals surface area (Å²) in [4.78, 5) is 17.3. The zero-order valence-electron chi connectivity index (χ0n) is 10.2. The molecule has 0 N–H and O–H groups in total. The third-order valence-electron chi connectivity index (χ3n) is 2.79. The Morgan fingerprint density at radius 1 is 1.67 bits per heavy atom. The van der Waals surface area contributed by atoms with Crippen molar-refractivity contribution in [2.45, 2.75) is 19.4 Å². The number of halogens is 1. The van der Waals surface area contributed by atoms with E-state index in [2.05, 4.69) is 4.98 Å². The molecule has 1 aliphatic heterocycles. The van der Waals surface area contributed by atoms with Crippen LogP contribution in [-0.4, -0.2) is 35.0 Å². The smallest absolute Gasteiger partial charge is 0.246 e. The molecule has 0 saturated carbocycles. The monoisotopic (exact) mass is 266 g/mol. The third kappa shape index (κ3) is 3.01. The van der Waals surface area contributed by atoms with E-state index >= 15 is 0 Å². The van der Waals surface area contributed by atoms with Crippen LogP contribution in [0.4, 0.5) is 0 Å². The summed E-state index contributed by atoms with van der Waals surface area (Å²) in [7, 11) is 0. The van der Waals surface area contributed by atoms with E-state index in [1.54, 1.807) is 35.5 Å². The topological polar surface area (TPSA) is 42.4 Å². The van der Waals surface area contributed by atoms with Crippen LogP contribution in [0.1, 0.15) is 13.3 Å². The van der Waals surface area contributed by atoms with Crippen molar-refractivity contribution < 1.29 is 9.53 Å². The zero-order chi connectivity index (χ0) is 13.0. The summed E-state index contributed by atoms with van der Waals surface area (Å²) in [6, 6.07) is 1.73. The Labute approximate surface area is 111 Å². The first kappa shape index (κ1) is 12.9. The highest BCUT2D eigenvalue weighted by Gasteiger charge is 2.26. The molecule has 0 aromatic carbocycles. The number of allylic oxidation sites excluding steroid dienone is 1. The van der Waals surface area contributed by atoms with Gasteiger partial charge >= 0.3 is 0 Å². The van der Waals surface area contributed by atoms with Gasteiger partial charge in [-0.2, -0.15) is 0 Å². The van der Waals surface area contributed by atoms with Gasteiger partial charge < -0.3 is 9.64 Å². The lowest BCUT2D eigenvalue weighted by Crippen LogP contribution is -2.29. The standard InChI is InChI=1S/C13H15ClN2O2/c1-2-3-13(17)16-7-5-10(9-16)18-12-4-6-15-8-11(12)14/h2-4,6,8,10H,5,7,9H2,1H3/b3-2+/t10-/m1/s1. The number of aromatic nitrogens is 1. The Morgan fingerprint density at radius 3 is 3.22 bits per heavy atom. The Kier molecular flexibility index (Phi) is 4.20. The molecule has 0 aliphatic carbocycles. The Balaban J connectivity index is 1.94. The number of rotatable bonds is 3. The SMILES string of the molecule is C/C=C/C(=O)N1CC[C@@H](Oc2ccncc2Cl)C1. The van der Waals surface area contributed by atoms with Crippen molar-refractivity contribution in [1.29, 1.82) is 0 Å². The summed E-state index contributed by atoms with van der Waals surface area (Å²) in [6.45, 7) is 3.15. The maximum atomic E-state index is 11.7. The molecule has 2 rings (SSSR count). The molecule has 0 bridgehead atoms. The average Bonchev–Trinajstić information content (AvgIpc) is 2.81. The lowest BCUT2D eigenvalue weighted by atomic mass is 10.3. The summed E-state index contributed by atoms with van der Waals surface area (Å²) < 4.78 is 5.77. The highest BCUT2D eigenvalue weighted by atomic mass is 35.5. The van der Waals surface area contributed by atoms with Crippen LogP contribution in [0.3, 0.4) is 0 Å². The minimum absolute atomic E-state index is 0.000828. The van der Waals surface area contributed by atoms with Gasteiger partial charge in [0.1, 0.15) is 16.9 Å². The summed E-state index contributed by atoms with van der Waals surface area (Å²) in [5.74, 6) is 0.654. The minimum atomic E-state index is -0.000828. The van der Waals surface area contributed by atoms with E-state index in [0.29, 0.717) is 17.3 Å². The van der Waals surface area contributed by atoms with Crippen molar-refractivity contribution in [3.05, 3.63) is 35.6 Å². The number of nitrogens with zero attached hydrogens (tertiary/aromatic N) is 2. The van der Waals surface area contributed by atoms with E-state index < -0.39 is 0 Å². The third-order valence-corrected chi connectivity index (χ3v) is 3.08. The molecule has 96 valence electrons. The molecular formula is C13H15ClN2O2. The van der Waals surface area contributed by atoms with Crippen LogP contribution >= 0.6 is 11.6 Å². The van der Waals surface area contributed by atoms with Crippen LogP contribution in [0.2, 0.25) is 5.02 Å². The van der Waals surface area contributed by atoms with E-state index in [1.807, 2.05) is 6.92 Å². The van der Waals surface area contributed by atoms with Crippen LogP contribution in [0.5, 0.6) is 5.75 Å². The first-order valence-corrected chi connectivity index (χ1v) is 6.26. The molecule has 1 aromatic heterocycles. The number of pyridine rings is 1. The molecule has 1 aromatic rings. The van der Waals surface area contributed by atoms with Gasteiger partial charge in [-0.15, -0.1) is 0 Å². The molecule has 1 aliphatic rings. The van der Waals surface area contributed by atoms with Gasteiger partial charge in [0.05, 0.1) is 6.54 Å². The fourth-order valence-electron chi connectivity index (χ4n) is 1.91. The van der Waals surface area contributed by atoms with Crippen molar-refractivity contribution in [3.8, 4) is 5.75 Å². The Hall–Kier alpha value is -1.55. The summed E-state index contributed by atoms with van der Waals surface area (Å²) >= 11 is 5.97. The van der Waals surface area contributed by atoms with Crippen LogP contribution in [0.25, 0.3) is 0 Å². The number of hydrogen-bond acceptors (Lipinski definition) is 3.